The van der Waals surface area contributed by atoms with Gasteiger partial charge in [0.25, 0.3) is 0 Å². The van der Waals surface area contributed by atoms with Crippen molar-refractivity contribution in [1.29, 1.82) is 0 Å². The molecule has 0 spiro atoms. The number of hydrazine groups is 1. The lowest BCUT2D eigenvalue weighted by atomic mass is 9.99. The minimum absolute atomic E-state index is 0.0308. The first-order chi connectivity index (χ1) is 11.1. The van der Waals surface area contributed by atoms with Crippen molar-refractivity contribution in [3.8, 4) is 0 Å². The third-order valence-electron chi connectivity index (χ3n) is 3.84. The molecule has 0 aliphatic carbocycles. The van der Waals surface area contributed by atoms with Crippen LogP contribution in [0, 0.1) is 12.8 Å². The molecule has 1 aliphatic rings. The highest BCUT2D eigenvalue weighted by molar-refractivity contribution is 5.80. The quantitative estimate of drug-likeness (QED) is 0.439. The van der Waals surface area contributed by atoms with Gasteiger partial charge in [0, 0.05) is 11.4 Å². The average Bonchev–Trinajstić information content (AvgIpc) is 2.54. The molecule has 2 heterocycles. The van der Waals surface area contributed by atoms with Crippen LogP contribution in [0.1, 0.15) is 43.5 Å². The van der Waals surface area contributed by atoms with Crippen LogP contribution in [0.25, 0.3) is 0 Å². The van der Waals surface area contributed by atoms with E-state index in [4.69, 9.17) is 0 Å². The van der Waals surface area contributed by atoms with Gasteiger partial charge in [0.2, 0.25) is 18.3 Å². The van der Waals surface area contributed by atoms with Crippen LogP contribution in [0.2, 0.25) is 0 Å². The average molecular weight is 321 g/mol. The van der Waals surface area contributed by atoms with Gasteiger partial charge in [-0.3, -0.25) is 25.6 Å². The summed E-state index contributed by atoms with van der Waals surface area (Å²) in [4.78, 5) is 31.5. The van der Waals surface area contributed by atoms with E-state index in [-0.39, 0.29) is 12.5 Å². The highest BCUT2D eigenvalue weighted by atomic mass is 16.5. The van der Waals surface area contributed by atoms with Crippen molar-refractivity contribution < 1.29 is 14.8 Å². The first kappa shape index (κ1) is 17.1. The van der Waals surface area contributed by atoms with Gasteiger partial charge in [0.15, 0.2) is 0 Å². The van der Waals surface area contributed by atoms with Crippen molar-refractivity contribution in [2.75, 3.05) is 12.0 Å². The SMILES string of the molecule is Cc1cc2nc(n1)NNC(=O)[C@@H](CN(O)C=O)CCCCCC2. The van der Waals surface area contributed by atoms with E-state index in [0.717, 1.165) is 43.5 Å². The molecular formula is C15H23N5O3. The zero-order valence-electron chi connectivity index (χ0n) is 13.3. The third kappa shape index (κ3) is 5.48. The van der Waals surface area contributed by atoms with Crippen LogP contribution < -0.4 is 10.9 Å². The topological polar surface area (TPSA) is 107 Å². The molecule has 8 heteroatoms. The molecule has 1 aromatic rings. The summed E-state index contributed by atoms with van der Waals surface area (Å²) >= 11 is 0. The number of hydrogen-bond acceptors (Lipinski definition) is 6. The Morgan fingerprint density at radius 1 is 1.30 bits per heavy atom. The van der Waals surface area contributed by atoms with E-state index < -0.39 is 5.92 Å². The summed E-state index contributed by atoms with van der Waals surface area (Å²) < 4.78 is 0. The fourth-order valence-electron chi connectivity index (χ4n) is 2.66. The standard InChI is InChI=1S/C15H23N5O3/c1-11-8-13-7-5-3-2-4-6-12(9-20(23)10-21)14(22)18-19-15(16-11)17-13/h8,10,12,23H,2-7,9H2,1H3,(H,18,22)(H,16,17,19)/t12-/m1/s1. The third-order valence-corrected chi connectivity index (χ3v) is 3.84. The molecule has 1 aliphatic heterocycles. The van der Waals surface area contributed by atoms with Crippen molar-refractivity contribution in [1.82, 2.24) is 20.5 Å². The summed E-state index contributed by atoms with van der Waals surface area (Å²) in [6.07, 6.45) is 5.74. The molecule has 0 saturated carbocycles. The van der Waals surface area contributed by atoms with E-state index in [1.54, 1.807) is 0 Å². The van der Waals surface area contributed by atoms with Crippen molar-refractivity contribution in [3.63, 3.8) is 0 Å². The highest BCUT2D eigenvalue weighted by Gasteiger charge is 2.21. The monoisotopic (exact) mass is 321 g/mol. The number of anilines is 1. The zero-order chi connectivity index (χ0) is 16.7. The minimum atomic E-state index is -0.484. The molecule has 23 heavy (non-hydrogen) atoms. The lowest BCUT2D eigenvalue weighted by Crippen LogP contribution is -2.40. The smallest absolute Gasteiger partial charge is 0.243 e. The van der Waals surface area contributed by atoms with Crippen LogP contribution in [0.15, 0.2) is 6.07 Å². The zero-order valence-corrected chi connectivity index (χ0v) is 13.3. The second-order valence-electron chi connectivity index (χ2n) is 5.82. The molecular weight excluding hydrogens is 298 g/mol. The summed E-state index contributed by atoms with van der Waals surface area (Å²) in [6, 6.07) is 1.95. The van der Waals surface area contributed by atoms with Gasteiger partial charge in [-0.15, -0.1) is 0 Å². The number of nitrogens with zero attached hydrogens (tertiary/aromatic N) is 3. The molecule has 1 atom stereocenters. The van der Waals surface area contributed by atoms with Crippen LogP contribution in [-0.2, 0) is 16.0 Å². The van der Waals surface area contributed by atoms with Gasteiger partial charge in [-0.25, -0.2) is 15.0 Å². The van der Waals surface area contributed by atoms with Crippen LogP contribution in [0.3, 0.4) is 0 Å². The maximum Gasteiger partial charge on any atom is 0.243 e. The number of hydrogen-bond donors (Lipinski definition) is 3. The van der Waals surface area contributed by atoms with Gasteiger partial charge in [0.1, 0.15) is 0 Å². The Morgan fingerprint density at radius 2 is 2.09 bits per heavy atom. The molecule has 2 rings (SSSR count). The number of aryl methyl sites for hydroxylation is 2. The second-order valence-corrected chi connectivity index (χ2v) is 5.82. The van der Waals surface area contributed by atoms with Crippen LogP contribution in [0.5, 0.6) is 0 Å². The van der Waals surface area contributed by atoms with Crippen molar-refractivity contribution in [2.45, 2.75) is 45.4 Å². The second kappa shape index (κ2) is 8.42. The number of hydroxylamine groups is 2. The van der Waals surface area contributed by atoms with E-state index in [2.05, 4.69) is 20.8 Å². The Hall–Kier alpha value is -2.22. The molecule has 126 valence electrons. The lowest BCUT2D eigenvalue weighted by Gasteiger charge is -2.19. The molecule has 3 N–H and O–H groups in total. The molecule has 2 amide bonds. The number of nitrogens with one attached hydrogen (secondary N) is 2. The molecule has 0 unspecified atom stereocenters. The minimum Gasteiger partial charge on any atom is -0.286 e. The molecule has 0 radical (unpaired) electrons. The Kier molecular flexibility index (Phi) is 6.28. The van der Waals surface area contributed by atoms with Gasteiger partial charge in [0.05, 0.1) is 12.5 Å². The maximum atomic E-state index is 12.3. The number of carbonyl (C=O) groups excluding carboxylic acids is 2. The molecule has 2 bridgehead atoms. The van der Waals surface area contributed by atoms with Gasteiger partial charge in [-0.1, -0.05) is 19.3 Å². The number of carbonyl (C=O) groups is 2. The van der Waals surface area contributed by atoms with Crippen molar-refractivity contribution in [2.24, 2.45) is 5.92 Å². The largest absolute Gasteiger partial charge is 0.286 e. The molecule has 1 aromatic heterocycles. The molecule has 0 fully saturated rings. The number of fused-ring (bicyclic) bond motifs is 2. The van der Waals surface area contributed by atoms with E-state index in [1.165, 1.54) is 0 Å². The van der Waals surface area contributed by atoms with Crippen molar-refractivity contribution in [3.05, 3.63) is 17.5 Å². The van der Waals surface area contributed by atoms with E-state index in [9.17, 15) is 14.8 Å². The number of amides is 2. The predicted molar refractivity (Wildman–Crippen MR) is 83.4 cm³/mol. The van der Waals surface area contributed by atoms with E-state index >= 15 is 0 Å². The highest BCUT2D eigenvalue weighted by Crippen LogP contribution is 2.15. The Labute approximate surface area is 135 Å². The molecule has 8 nitrogen and oxygen atoms in total. The van der Waals surface area contributed by atoms with Crippen LogP contribution in [-0.4, -0.2) is 39.1 Å². The Morgan fingerprint density at radius 3 is 2.87 bits per heavy atom. The summed E-state index contributed by atoms with van der Waals surface area (Å²) in [7, 11) is 0. The number of aromatic nitrogens is 2. The normalized spacial score (nSPS) is 19.4. The van der Waals surface area contributed by atoms with Gasteiger partial charge >= 0.3 is 0 Å². The molecule has 0 aromatic carbocycles. The Bertz CT molecular complexity index is 552. The predicted octanol–water partition coefficient (Wildman–Crippen LogP) is 1.20. The van der Waals surface area contributed by atoms with Gasteiger partial charge in [-0.05, 0) is 32.3 Å². The lowest BCUT2D eigenvalue weighted by molar-refractivity contribution is -0.154. The van der Waals surface area contributed by atoms with E-state index in [1.807, 2.05) is 13.0 Å². The van der Waals surface area contributed by atoms with Crippen molar-refractivity contribution >= 4 is 18.3 Å². The first-order valence-electron chi connectivity index (χ1n) is 7.89. The number of rotatable bonds is 3. The van der Waals surface area contributed by atoms with Gasteiger partial charge < -0.3 is 0 Å². The first-order valence-corrected chi connectivity index (χ1v) is 7.89. The summed E-state index contributed by atoms with van der Waals surface area (Å²) in [5.74, 6) is -0.429. The fraction of sp³-hybridized carbons (Fsp3) is 0.600. The van der Waals surface area contributed by atoms with E-state index in [0.29, 0.717) is 23.8 Å². The van der Waals surface area contributed by atoms with Crippen LogP contribution in [0.4, 0.5) is 5.95 Å². The summed E-state index contributed by atoms with van der Waals surface area (Å²) in [6.45, 7) is 1.85. The maximum absolute atomic E-state index is 12.3. The summed E-state index contributed by atoms with van der Waals surface area (Å²) in [5.41, 5.74) is 7.08. The summed E-state index contributed by atoms with van der Waals surface area (Å²) in [5, 5.41) is 9.85. The fourth-order valence-corrected chi connectivity index (χ4v) is 2.66. The Balaban J connectivity index is 2.10. The van der Waals surface area contributed by atoms with Crippen LogP contribution >= 0.6 is 0 Å². The van der Waals surface area contributed by atoms with Gasteiger partial charge in [-0.2, -0.15) is 0 Å². The molecule has 0 saturated heterocycles.